The van der Waals surface area contributed by atoms with Gasteiger partial charge in [0.25, 0.3) is 0 Å². The number of benzene rings is 1. The lowest BCUT2D eigenvalue weighted by molar-refractivity contribution is -0.115. The van der Waals surface area contributed by atoms with Gasteiger partial charge in [-0.05, 0) is 31.0 Å². The van der Waals surface area contributed by atoms with Gasteiger partial charge in [0.05, 0.1) is 13.2 Å². The van der Waals surface area contributed by atoms with Crippen LogP contribution in [0, 0.1) is 5.82 Å². The van der Waals surface area contributed by atoms with Crippen LogP contribution < -0.4 is 10.6 Å². The number of anilines is 1. The molecule has 0 unspecified atom stereocenters. The third kappa shape index (κ3) is 3.75. The summed E-state index contributed by atoms with van der Waals surface area (Å²) in [5.74, 6) is -0.612. The van der Waals surface area contributed by atoms with Crippen LogP contribution in [-0.4, -0.2) is 29.7 Å². The van der Waals surface area contributed by atoms with Crippen LogP contribution in [0.5, 0.6) is 0 Å². The van der Waals surface area contributed by atoms with E-state index >= 15 is 0 Å². The first-order chi connectivity index (χ1) is 9.13. The zero-order valence-corrected chi connectivity index (χ0v) is 10.8. The molecule has 0 spiro atoms. The van der Waals surface area contributed by atoms with Crippen LogP contribution >= 0.6 is 0 Å². The summed E-state index contributed by atoms with van der Waals surface area (Å²) >= 11 is 0. The Bertz CT molecular complexity index is 445. The summed E-state index contributed by atoms with van der Waals surface area (Å²) in [7, 11) is 0. The Balaban J connectivity index is 1.84. The molecule has 5 heteroatoms. The van der Waals surface area contributed by atoms with Gasteiger partial charge in [-0.25, -0.2) is 4.39 Å². The predicted molar refractivity (Wildman–Crippen MR) is 71.3 cm³/mol. The molecule has 1 amide bonds. The van der Waals surface area contributed by atoms with Crippen LogP contribution in [0.3, 0.4) is 0 Å². The Morgan fingerprint density at radius 3 is 2.74 bits per heavy atom. The van der Waals surface area contributed by atoms with Crippen molar-refractivity contribution in [3.63, 3.8) is 0 Å². The highest BCUT2D eigenvalue weighted by Crippen LogP contribution is 2.28. The maximum absolute atomic E-state index is 13.0. The molecule has 1 aliphatic rings. The van der Waals surface area contributed by atoms with Crippen LogP contribution in [0.4, 0.5) is 10.1 Å². The number of carbonyl (C=O) groups is 1. The average molecular weight is 266 g/mol. The molecular formula is C14H19FN2O2. The van der Waals surface area contributed by atoms with Crippen molar-refractivity contribution in [3.8, 4) is 0 Å². The molecular weight excluding hydrogens is 247 g/mol. The fraction of sp³-hybridized carbons (Fsp3) is 0.500. The summed E-state index contributed by atoms with van der Waals surface area (Å²) in [6.45, 7) is 0.164. The van der Waals surface area contributed by atoms with Crippen molar-refractivity contribution < 1.29 is 14.3 Å². The van der Waals surface area contributed by atoms with Crippen LogP contribution in [-0.2, 0) is 4.79 Å². The van der Waals surface area contributed by atoms with E-state index in [9.17, 15) is 14.3 Å². The number of hydrogen-bond donors (Lipinski definition) is 3. The summed E-state index contributed by atoms with van der Waals surface area (Å²) in [6, 6.07) is 5.78. The van der Waals surface area contributed by atoms with Crippen LogP contribution in [0.2, 0.25) is 0 Å². The number of rotatable bonds is 5. The van der Waals surface area contributed by atoms with E-state index in [0.29, 0.717) is 5.69 Å². The Labute approximate surface area is 112 Å². The first kappa shape index (κ1) is 14.0. The molecule has 0 bridgehead atoms. The van der Waals surface area contributed by atoms with Crippen molar-refractivity contribution in [3.05, 3.63) is 30.1 Å². The molecule has 0 aromatic heterocycles. The van der Waals surface area contributed by atoms with Crippen molar-refractivity contribution in [1.82, 2.24) is 5.32 Å². The number of halogens is 1. The lowest BCUT2D eigenvalue weighted by atomic mass is 9.99. The third-order valence-corrected chi connectivity index (χ3v) is 3.60. The summed E-state index contributed by atoms with van der Waals surface area (Å²) in [5.41, 5.74) is 0.121. The minimum atomic E-state index is -0.381. The average Bonchev–Trinajstić information content (AvgIpc) is 2.86. The molecule has 4 nitrogen and oxygen atoms in total. The maximum Gasteiger partial charge on any atom is 0.238 e. The molecule has 0 radical (unpaired) electrons. The lowest BCUT2D eigenvalue weighted by Crippen LogP contribution is -2.49. The normalized spacial score (nSPS) is 17.4. The first-order valence-electron chi connectivity index (χ1n) is 6.55. The van der Waals surface area contributed by atoms with Crippen LogP contribution in [0.1, 0.15) is 25.7 Å². The molecule has 1 fully saturated rings. The van der Waals surface area contributed by atoms with E-state index in [-0.39, 0.29) is 30.4 Å². The van der Waals surface area contributed by atoms with Gasteiger partial charge < -0.3 is 15.7 Å². The van der Waals surface area contributed by atoms with Crippen molar-refractivity contribution >= 4 is 11.6 Å². The van der Waals surface area contributed by atoms with Gasteiger partial charge in [-0.2, -0.15) is 0 Å². The molecule has 3 N–H and O–H groups in total. The highest BCUT2D eigenvalue weighted by atomic mass is 19.1. The van der Waals surface area contributed by atoms with Gasteiger partial charge in [0, 0.05) is 11.2 Å². The SMILES string of the molecule is O=C(CNC1(CO)CCCC1)Nc1cccc(F)c1. The maximum atomic E-state index is 13.0. The van der Waals surface area contributed by atoms with Crippen molar-refractivity contribution in [2.24, 2.45) is 0 Å². The molecule has 0 saturated heterocycles. The van der Waals surface area contributed by atoms with E-state index in [1.807, 2.05) is 0 Å². The monoisotopic (exact) mass is 266 g/mol. The highest BCUT2D eigenvalue weighted by Gasteiger charge is 2.32. The standard InChI is InChI=1S/C14H19FN2O2/c15-11-4-3-5-12(8-11)17-13(19)9-16-14(10-18)6-1-2-7-14/h3-5,8,16,18H,1-2,6-7,9-10H2,(H,17,19). The Kier molecular flexibility index (Phi) is 4.50. The summed E-state index contributed by atoms with van der Waals surface area (Å²) in [6.07, 6.45) is 3.91. The molecule has 0 heterocycles. The minimum Gasteiger partial charge on any atom is -0.394 e. The first-order valence-corrected chi connectivity index (χ1v) is 6.55. The van der Waals surface area contributed by atoms with Gasteiger partial charge in [-0.1, -0.05) is 18.9 Å². The van der Waals surface area contributed by atoms with E-state index in [4.69, 9.17) is 0 Å². The molecule has 1 saturated carbocycles. The smallest absolute Gasteiger partial charge is 0.238 e. The molecule has 1 aromatic rings. The Morgan fingerprint density at radius 1 is 1.37 bits per heavy atom. The Hall–Kier alpha value is -1.46. The topological polar surface area (TPSA) is 61.4 Å². The van der Waals surface area contributed by atoms with Gasteiger partial charge in [0.15, 0.2) is 0 Å². The molecule has 0 aliphatic heterocycles. The second-order valence-corrected chi connectivity index (χ2v) is 5.06. The minimum absolute atomic E-state index is 0.0419. The number of carbonyl (C=O) groups excluding carboxylic acids is 1. The molecule has 1 aromatic carbocycles. The van der Waals surface area contributed by atoms with Crippen molar-refractivity contribution in [2.45, 2.75) is 31.2 Å². The quantitative estimate of drug-likeness (QED) is 0.759. The fourth-order valence-electron chi connectivity index (χ4n) is 2.48. The largest absolute Gasteiger partial charge is 0.394 e. The van der Waals surface area contributed by atoms with E-state index in [2.05, 4.69) is 10.6 Å². The lowest BCUT2D eigenvalue weighted by Gasteiger charge is -2.27. The Morgan fingerprint density at radius 2 is 2.11 bits per heavy atom. The van der Waals surface area contributed by atoms with Crippen molar-refractivity contribution in [2.75, 3.05) is 18.5 Å². The second-order valence-electron chi connectivity index (χ2n) is 5.06. The van der Waals surface area contributed by atoms with Crippen LogP contribution in [0.25, 0.3) is 0 Å². The zero-order valence-electron chi connectivity index (χ0n) is 10.8. The van der Waals surface area contributed by atoms with Crippen LogP contribution in [0.15, 0.2) is 24.3 Å². The van der Waals surface area contributed by atoms with Gasteiger partial charge in [0.2, 0.25) is 5.91 Å². The van der Waals surface area contributed by atoms with Gasteiger partial charge in [-0.15, -0.1) is 0 Å². The molecule has 2 rings (SSSR count). The summed E-state index contributed by atoms with van der Waals surface area (Å²) in [4.78, 5) is 11.8. The van der Waals surface area contributed by atoms with E-state index < -0.39 is 0 Å². The van der Waals surface area contributed by atoms with E-state index in [1.54, 1.807) is 12.1 Å². The van der Waals surface area contributed by atoms with E-state index in [1.165, 1.54) is 12.1 Å². The molecule has 19 heavy (non-hydrogen) atoms. The number of hydrogen-bond acceptors (Lipinski definition) is 3. The summed E-state index contributed by atoms with van der Waals surface area (Å²) in [5, 5.41) is 15.2. The fourth-order valence-corrected chi connectivity index (χ4v) is 2.48. The van der Waals surface area contributed by atoms with Gasteiger partial charge in [-0.3, -0.25) is 4.79 Å². The number of nitrogens with one attached hydrogen (secondary N) is 2. The number of aliphatic hydroxyl groups is 1. The number of amides is 1. The highest BCUT2D eigenvalue weighted by molar-refractivity contribution is 5.92. The van der Waals surface area contributed by atoms with Gasteiger partial charge >= 0.3 is 0 Å². The molecule has 1 aliphatic carbocycles. The predicted octanol–water partition coefficient (Wildman–Crippen LogP) is 1.66. The molecule has 104 valence electrons. The molecule has 0 atom stereocenters. The van der Waals surface area contributed by atoms with Crippen molar-refractivity contribution in [1.29, 1.82) is 0 Å². The zero-order chi connectivity index (χ0) is 13.7. The second kappa shape index (κ2) is 6.12. The van der Waals surface area contributed by atoms with E-state index in [0.717, 1.165) is 25.7 Å². The number of aliphatic hydroxyl groups excluding tert-OH is 1. The summed E-state index contributed by atoms with van der Waals surface area (Å²) < 4.78 is 13.0. The van der Waals surface area contributed by atoms with Gasteiger partial charge in [0.1, 0.15) is 5.82 Å². The third-order valence-electron chi connectivity index (χ3n) is 3.60.